The van der Waals surface area contributed by atoms with Crippen molar-refractivity contribution in [2.75, 3.05) is 19.7 Å². The van der Waals surface area contributed by atoms with Gasteiger partial charge in [-0.15, -0.1) is 0 Å². The Morgan fingerprint density at radius 1 is 1.43 bits per heavy atom. The molecule has 2 fully saturated rings. The van der Waals surface area contributed by atoms with Crippen molar-refractivity contribution in [3.05, 3.63) is 33.3 Å². The Labute approximate surface area is 139 Å². The third-order valence-electron chi connectivity index (χ3n) is 4.69. The van der Waals surface area contributed by atoms with Gasteiger partial charge in [0.25, 0.3) is 0 Å². The zero-order valence-electron chi connectivity index (χ0n) is 12.1. The second-order valence-electron chi connectivity index (χ2n) is 6.00. The molecule has 1 aliphatic carbocycles. The molecule has 116 valence electrons. The summed E-state index contributed by atoms with van der Waals surface area (Å²) in [6.45, 7) is 2.91. The van der Waals surface area contributed by atoms with Crippen molar-refractivity contribution in [2.24, 2.45) is 5.73 Å². The molecule has 3 nitrogen and oxygen atoms in total. The van der Waals surface area contributed by atoms with Gasteiger partial charge in [-0.3, -0.25) is 4.90 Å². The van der Waals surface area contributed by atoms with Gasteiger partial charge in [0, 0.05) is 34.7 Å². The number of rotatable bonds is 4. The third kappa shape index (κ3) is 3.62. The number of benzene rings is 1. The van der Waals surface area contributed by atoms with E-state index in [1.807, 2.05) is 18.2 Å². The summed E-state index contributed by atoms with van der Waals surface area (Å²) in [7, 11) is 0. The van der Waals surface area contributed by atoms with Crippen molar-refractivity contribution in [1.82, 2.24) is 4.90 Å². The molecule has 3 unspecified atom stereocenters. The third-order valence-corrected chi connectivity index (χ3v) is 5.51. The van der Waals surface area contributed by atoms with Crippen LogP contribution in [-0.2, 0) is 4.74 Å². The molecule has 1 aliphatic heterocycles. The Bertz CT molecular complexity index is 499. The van der Waals surface area contributed by atoms with E-state index in [-0.39, 0.29) is 6.04 Å². The maximum atomic E-state index is 6.34. The largest absolute Gasteiger partial charge is 0.375 e. The second kappa shape index (κ2) is 6.97. The number of nitrogens with zero attached hydrogens (tertiary/aromatic N) is 1. The van der Waals surface area contributed by atoms with Gasteiger partial charge in [-0.1, -0.05) is 33.6 Å². The molecule has 0 amide bonds. The monoisotopic (exact) mass is 372 g/mol. The standard InChI is InChI=1S/C16H22BrClN2O/c17-11-4-5-12(13(18)10-11)14(19)6-7-20-8-9-21-16-3-1-2-15(16)20/h4-5,10,14-16H,1-3,6-9,19H2. The topological polar surface area (TPSA) is 38.5 Å². The van der Waals surface area contributed by atoms with Crippen LogP contribution < -0.4 is 5.73 Å². The van der Waals surface area contributed by atoms with Crippen molar-refractivity contribution in [3.63, 3.8) is 0 Å². The van der Waals surface area contributed by atoms with Crippen molar-refractivity contribution in [1.29, 1.82) is 0 Å². The number of ether oxygens (including phenoxy) is 1. The Morgan fingerprint density at radius 2 is 2.29 bits per heavy atom. The lowest BCUT2D eigenvalue weighted by Gasteiger charge is -2.38. The summed E-state index contributed by atoms with van der Waals surface area (Å²) in [4.78, 5) is 2.56. The predicted molar refractivity (Wildman–Crippen MR) is 89.6 cm³/mol. The number of hydrogen-bond donors (Lipinski definition) is 1. The summed E-state index contributed by atoms with van der Waals surface area (Å²) >= 11 is 9.72. The molecule has 0 radical (unpaired) electrons. The highest BCUT2D eigenvalue weighted by molar-refractivity contribution is 9.10. The molecule has 3 atom stereocenters. The average molecular weight is 374 g/mol. The normalized spacial score (nSPS) is 27.6. The van der Waals surface area contributed by atoms with E-state index < -0.39 is 0 Å². The van der Waals surface area contributed by atoms with Crippen LogP contribution in [0.4, 0.5) is 0 Å². The van der Waals surface area contributed by atoms with E-state index in [9.17, 15) is 0 Å². The van der Waals surface area contributed by atoms with Crippen LogP contribution in [0.1, 0.15) is 37.3 Å². The Hall–Kier alpha value is -0.130. The molecule has 21 heavy (non-hydrogen) atoms. The van der Waals surface area contributed by atoms with Crippen molar-refractivity contribution >= 4 is 27.5 Å². The number of nitrogens with two attached hydrogens (primary N) is 1. The van der Waals surface area contributed by atoms with E-state index in [1.54, 1.807) is 0 Å². The van der Waals surface area contributed by atoms with Crippen LogP contribution in [0.25, 0.3) is 0 Å². The molecular formula is C16H22BrClN2O. The minimum atomic E-state index is -0.00621. The van der Waals surface area contributed by atoms with Gasteiger partial charge in [0.1, 0.15) is 0 Å². The summed E-state index contributed by atoms with van der Waals surface area (Å²) < 4.78 is 6.85. The molecule has 1 heterocycles. The fourth-order valence-electron chi connectivity index (χ4n) is 3.55. The van der Waals surface area contributed by atoms with Crippen LogP contribution >= 0.6 is 27.5 Å². The smallest absolute Gasteiger partial charge is 0.0730 e. The molecule has 1 aromatic carbocycles. The first-order chi connectivity index (χ1) is 10.1. The second-order valence-corrected chi connectivity index (χ2v) is 7.33. The molecule has 1 saturated carbocycles. The van der Waals surface area contributed by atoms with Gasteiger partial charge in [0.15, 0.2) is 0 Å². The summed E-state index contributed by atoms with van der Waals surface area (Å²) in [6.07, 6.45) is 5.15. The molecule has 3 rings (SSSR count). The average Bonchev–Trinajstić information content (AvgIpc) is 2.93. The molecule has 1 saturated heterocycles. The Balaban J connectivity index is 1.59. The first-order valence-electron chi connectivity index (χ1n) is 7.71. The summed E-state index contributed by atoms with van der Waals surface area (Å²) in [5.41, 5.74) is 7.38. The first kappa shape index (κ1) is 15.8. The fraction of sp³-hybridized carbons (Fsp3) is 0.625. The lowest BCUT2D eigenvalue weighted by Crippen LogP contribution is -2.49. The molecule has 0 spiro atoms. The highest BCUT2D eigenvalue weighted by Crippen LogP contribution is 2.31. The van der Waals surface area contributed by atoms with Crippen LogP contribution in [0, 0.1) is 0 Å². The van der Waals surface area contributed by atoms with Gasteiger partial charge >= 0.3 is 0 Å². The van der Waals surface area contributed by atoms with E-state index in [0.29, 0.717) is 12.1 Å². The molecule has 0 aromatic heterocycles. The van der Waals surface area contributed by atoms with Crippen LogP contribution in [0.2, 0.25) is 5.02 Å². The van der Waals surface area contributed by atoms with Crippen LogP contribution in [0.3, 0.4) is 0 Å². The Morgan fingerprint density at radius 3 is 3.10 bits per heavy atom. The van der Waals surface area contributed by atoms with Gasteiger partial charge in [-0.25, -0.2) is 0 Å². The minimum Gasteiger partial charge on any atom is -0.375 e. The zero-order valence-corrected chi connectivity index (χ0v) is 14.4. The highest BCUT2D eigenvalue weighted by atomic mass is 79.9. The summed E-state index contributed by atoms with van der Waals surface area (Å²) in [5, 5.41) is 0.748. The Kier molecular flexibility index (Phi) is 5.23. The molecular weight excluding hydrogens is 352 g/mol. The van der Waals surface area contributed by atoms with E-state index in [2.05, 4.69) is 20.8 Å². The molecule has 2 N–H and O–H groups in total. The van der Waals surface area contributed by atoms with Gasteiger partial charge in [-0.05, 0) is 43.4 Å². The van der Waals surface area contributed by atoms with E-state index in [4.69, 9.17) is 22.1 Å². The molecule has 2 aliphatic rings. The number of hydrogen-bond acceptors (Lipinski definition) is 3. The van der Waals surface area contributed by atoms with E-state index >= 15 is 0 Å². The van der Waals surface area contributed by atoms with Gasteiger partial charge in [-0.2, -0.15) is 0 Å². The molecule has 5 heteroatoms. The number of halogens is 2. The molecule has 0 bridgehead atoms. The van der Waals surface area contributed by atoms with E-state index in [1.165, 1.54) is 19.3 Å². The van der Waals surface area contributed by atoms with Crippen LogP contribution in [-0.4, -0.2) is 36.7 Å². The fourth-order valence-corrected chi connectivity index (χ4v) is 4.36. The van der Waals surface area contributed by atoms with Crippen LogP contribution in [0.15, 0.2) is 22.7 Å². The highest BCUT2D eigenvalue weighted by Gasteiger charge is 2.35. The maximum absolute atomic E-state index is 6.34. The zero-order chi connectivity index (χ0) is 14.8. The van der Waals surface area contributed by atoms with Crippen molar-refractivity contribution in [3.8, 4) is 0 Å². The van der Waals surface area contributed by atoms with Gasteiger partial charge in [0.05, 0.1) is 12.7 Å². The molecule has 1 aromatic rings. The van der Waals surface area contributed by atoms with Gasteiger partial charge in [0.2, 0.25) is 0 Å². The predicted octanol–water partition coefficient (Wildman–Crippen LogP) is 3.75. The summed E-state index contributed by atoms with van der Waals surface area (Å²) in [6, 6.07) is 6.54. The lowest BCUT2D eigenvalue weighted by molar-refractivity contribution is -0.0561. The SMILES string of the molecule is NC(CCN1CCOC2CCCC21)c1ccc(Br)cc1Cl. The van der Waals surface area contributed by atoms with Gasteiger partial charge < -0.3 is 10.5 Å². The first-order valence-corrected chi connectivity index (χ1v) is 8.88. The number of fused-ring (bicyclic) bond motifs is 1. The minimum absolute atomic E-state index is 0.00621. The lowest BCUT2D eigenvalue weighted by atomic mass is 10.0. The van der Waals surface area contributed by atoms with Crippen molar-refractivity contribution in [2.45, 2.75) is 43.9 Å². The quantitative estimate of drug-likeness (QED) is 0.873. The van der Waals surface area contributed by atoms with Crippen molar-refractivity contribution < 1.29 is 4.74 Å². The summed E-state index contributed by atoms with van der Waals surface area (Å²) in [5.74, 6) is 0. The van der Waals surface area contributed by atoms with Crippen LogP contribution in [0.5, 0.6) is 0 Å². The van der Waals surface area contributed by atoms with E-state index in [0.717, 1.165) is 41.2 Å². The number of morpholine rings is 1. The maximum Gasteiger partial charge on any atom is 0.0730 e.